The van der Waals surface area contributed by atoms with Gasteiger partial charge in [0.25, 0.3) is 0 Å². The zero-order valence-corrected chi connectivity index (χ0v) is 9.24. The van der Waals surface area contributed by atoms with Crippen molar-refractivity contribution in [1.82, 2.24) is 0 Å². The first kappa shape index (κ1) is 12.1. The number of hydrogen-bond donors (Lipinski definition) is 0. The van der Waals surface area contributed by atoms with Crippen molar-refractivity contribution in [2.75, 3.05) is 13.2 Å². The van der Waals surface area contributed by atoms with Crippen LogP contribution in [-0.4, -0.2) is 36.9 Å². The van der Waals surface area contributed by atoms with E-state index in [1.54, 1.807) is 13.8 Å². The maximum Gasteiger partial charge on any atom is 0.313 e. The summed E-state index contributed by atoms with van der Waals surface area (Å²) in [4.78, 5) is 21.6. The lowest BCUT2D eigenvalue weighted by Crippen LogP contribution is -2.25. The lowest BCUT2D eigenvalue weighted by atomic mass is 10.3. The Morgan fingerprint density at radius 3 is 2.60 bits per heavy atom. The van der Waals surface area contributed by atoms with Gasteiger partial charge in [-0.15, -0.1) is 0 Å². The Hall–Kier alpha value is -0.940. The molecule has 5 nitrogen and oxygen atoms in total. The van der Waals surface area contributed by atoms with Gasteiger partial charge in [0.15, 0.2) is 5.79 Å². The van der Waals surface area contributed by atoms with E-state index in [-0.39, 0.29) is 24.9 Å². The summed E-state index contributed by atoms with van der Waals surface area (Å²) in [5.41, 5.74) is 0. The Balaban J connectivity index is 2.21. The van der Waals surface area contributed by atoms with E-state index in [9.17, 15) is 9.59 Å². The van der Waals surface area contributed by atoms with Crippen LogP contribution < -0.4 is 0 Å². The minimum atomic E-state index is -0.613. The van der Waals surface area contributed by atoms with E-state index in [2.05, 4.69) is 0 Å². The summed E-state index contributed by atoms with van der Waals surface area (Å²) in [5, 5.41) is 0. The Labute approximate surface area is 88.7 Å². The third kappa shape index (κ3) is 4.40. The van der Waals surface area contributed by atoms with E-state index in [0.717, 1.165) is 0 Å². The van der Waals surface area contributed by atoms with E-state index >= 15 is 0 Å². The van der Waals surface area contributed by atoms with Crippen molar-refractivity contribution in [3.8, 4) is 0 Å². The monoisotopic (exact) mass is 216 g/mol. The average Bonchev–Trinajstić information content (AvgIpc) is 2.41. The lowest BCUT2D eigenvalue weighted by Gasteiger charge is -2.16. The van der Waals surface area contributed by atoms with Crippen LogP contribution >= 0.6 is 0 Å². The second-order valence-electron chi connectivity index (χ2n) is 4.01. The standard InChI is InChI=1S/C10H16O5/c1-7(11)4-9(12)13-5-8-6-14-10(2,3)15-8/h8H,4-6H2,1-3H3/t8-/m0/s1. The van der Waals surface area contributed by atoms with Crippen LogP contribution in [0.1, 0.15) is 27.2 Å². The van der Waals surface area contributed by atoms with Gasteiger partial charge in [-0.1, -0.05) is 0 Å². The van der Waals surface area contributed by atoms with Crippen LogP contribution in [0.2, 0.25) is 0 Å². The van der Waals surface area contributed by atoms with Crippen molar-refractivity contribution in [3.05, 3.63) is 0 Å². The van der Waals surface area contributed by atoms with Crippen LogP contribution in [0.4, 0.5) is 0 Å². The molecule has 15 heavy (non-hydrogen) atoms. The summed E-state index contributed by atoms with van der Waals surface area (Å²) < 4.78 is 15.6. The molecule has 5 heteroatoms. The summed E-state index contributed by atoms with van der Waals surface area (Å²) in [5.74, 6) is -1.34. The molecule has 1 fully saturated rings. The van der Waals surface area contributed by atoms with E-state index < -0.39 is 11.8 Å². The molecule has 0 spiro atoms. The number of Topliss-reactive ketones (excluding diaryl/α,β-unsaturated/α-hetero) is 1. The van der Waals surface area contributed by atoms with Gasteiger partial charge in [0.1, 0.15) is 24.9 Å². The summed E-state index contributed by atoms with van der Waals surface area (Å²) in [7, 11) is 0. The minimum absolute atomic E-state index is 0.134. The fourth-order valence-electron chi connectivity index (χ4n) is 1.29. The van der Waals surface area contributed by atoms with Crippen LogP contribution in [0.15, 0.2) is 0 Å². The smallest absolute Gasteiger partial charge is 0.313 e. The second-order valence-corrected chi connectivity index (χ2v) is 4.01. The first-order chi connectivity index (χ1) is 6.89. The first-order valence-electron chi connectivity index (χ1n) is 4.86. The Bertz CT molecular complexity index is 259. The molecule has 0 saturated carbocycles. The van der Waals surface area contributed by atoms with E-state index in [1.807, 2.05) is 0 Å². The highest BCUT2D eigenvalue weighted by atomic mass is 16.7. The van der Waals surface area contributed by atoms with Crippen LogP contribution in [0, 0.1) is 0 Å². The van der Waals surface area contributed by atoms with Crippen LogP contribution in [0.5, 0.6) is 0 Å². The van der Waals surface area contributed by atoms with Gasteiger partial charge < -0.3 is 14.2 Å². The summed E-state index contributed by atoms with van der Waals surface area (Å²) in [6.07, 6.45) is -0.423. The molecule has 0 aromatic carbocycles. The van der Waals surface area contributed by atoms with Gasteiger partial charge in [0.05, 0.1) is 6.61 Å². The third-order valence-corrected chi connectivity index (χ3v) is 1.89. The topological polar surface area (TPSA) is 61.8 Å². The van der Waals surface area contributed by atoms with Crippen molar-refractivity contribution < 1.29 is 23.8 Å². The predicted octanol–water partition coefficient (Wildman–Crippen LogP) is 0.660. The summed E-state index contributed by atoms with van der Waals surface area (Å²) in [6, 6.07) is 0. The lowest BCUT2D eigenvalue weighted by molar-refractivity contribution is -0.159. The number of hydrogen-bond acceptors (Lipinski definition) is 5. The molecule has 1 saturated heterocycles. The molecule has 1 aliphatic rings. The molecule has 1 heterocycles. The highest BCUT2D eigenvalue weighted by Gasteiger charge is 2.33. The molecule has 0 amide bonds. The average molecular weight is 216 g/mol. The molecule has 0 bridgehead atoms. The number of carbonyl (C=O) groups is 2. The number of carbonyl (C=O) groups excluding carboxylic acids is 2. The van der Waals surface area contributed by atoms with Gasteiger partial charge >= 0.3 is 5.97 Å². The largest absolute Gasteiger partial charge is 0.462 e. The third-order valence-electron chi connectivity index (χ3n) is 1.89. The number of ketones is 1. The number of ether oxygens (including phenoxy) is 3. The molecular formula is C10H16O5. The Morgan fingerprint density at radius 2 is 2.13 bits per heavy atom. The maximum absolute atomic E-state index is 11.0. The summed E-state index contributed by atoms with van der Waals surface area (Å²) in [6.45, 7) is 5.48. The fraction of sp³-hybridized carbons (Fsp3) is 0.800. The fourth-order valence-corrected chi connectivity index (χ4v) is 1.29. The Kier molecular flexibility index (Phi) is 3.82. The van der Waals surface area contributed by atoms with Crippen LogP contribution in [0.3, 0.4) is 0 Å². The summed E-state index contributed by atoms with van der Waals surface area (Å²) >= 11 is 0. The quantitative estimate of drug-likeness (QED) is 0.510. The van der Waals surface area contributed by atoms with E-state index in [0.29, 0.717) is 6.61 Å². The van der Waals surface area contributed by atoms with Gasteiger partial charge in [-0.25, -0.2) is 0 Å². The van der Waals surface area contributed by atoms with Crippen molar-refractivity contribution in [1.29, 1.82) is 0 Å². The van der Waals surface area contributed by atoms with Crippen LogP contribution in [0.25, 0.3) is 0 Å². The number of rotatable bonds is 4. The van der Waals surface area contributed by atoms with Gasteiger partial charge in [-0.3, -0.25) is 9.59 Å². The molecular weight excluding hydrogens is 200 g/mol. The van der Waals surface area contributed by atoms with Crippen LogP contribution in [-0.2, 0) is 23.8 Å². The van der Waals surface area contributed by atoms with Crippen molar-refractivity contribution in [3.63, 3.8) is 0 Å². The SMILES string of the molecule is CC(=O)CC(=O)OC[C@H]1COC(C)(C)O1. The molecule has 1 rings (SSSR count). The molecule has 0 aromatic rings. The first-order valence-corrected chi connectivity index (χ1v) is 4.86. The van der Waals surface area contributed by atoms with E-state index in [4.69, 9.17) is 14.2 Å². The van der Waals surface area contributed by atoms with Crippen molar-refractivity contribution >= 4 is 11.8 Å². The molecule has 1 aliphatic heterocycles. The molecule has 0 unspecified atom stereocenters. The van der Waals surface area contributed by atoms with Crippen molar-refractivity contribution in [2.24, 2.45) is 0 Å². The highest BCUT2D eigenvalue weighted by Crippen LogP contribution is 2.22. The predicted molar refractivity (Wildman–Crippen MR) is 51.2 cm³/mol. The zero-order chi connectivity index (χ0) is 11.5. The minimum Gasteiger partial charge on any atom is -0.462 e. The maximum atomic E-state index is 11.0. The van der Waals surface area contributed by atoms with E-state index in [1.165, 1.54) is 6.92 Å². The van der Waals surface area contributed by atoms with Gasteiger partial charge in [-0.05, 0) is 20.8 Å². The Morgan fingerprint density at radius 1 is 1.47 bits per heavy atom. The molecule has 0 radical (unpaired) electrons. The molecule has 0 aromatic heterocycles. The molecule has 86 valence electrons. The zero-order valence-electron chi connectivity index (χ0n) is 9.24. The molecule has 0 N–H and O–H groups in total. The highest BCUT2D eigenvalue weighted by molar-refractivity contribution is 5.94. The number of esters is 1. The van der Waals surface area contributed by atoms with Crippen molar-refractivity contribution in [2.45, 2.75) is 39.1 Å². The molecule has 1 atom stereocenters. The second kappa shape index (κ2) is 4.72. The molecule has 0 aliphatic carbocycles. The van der Waals surface area contributed by atoms with Gasteiger partial charge in [0, 0.05) is 0 Å². The van der Waals surface area contributed by atoms with Gasteiger partial charge in [-0.2, -0.15) is 0 Å². The normalized spacial score (nSPS) is 23.8. The van der Waals surface area contributed by atoms with Gasteiger partial charge in [0.2, 0.25) is 0 Å².